The minimum absolute atomic E-state index is 0.0941. The van der Waals surface area contributed by atoms with Gasteiger partial charge in [-0.3, -0.25) is 4.79 Å². The Morgan fingerprint density at radius 1 is 1.10 bits per heavy atom. The molecule has 0 spiro atoms. The summed E-state index contributed by atoms with van der Waals surface area (Å²) in [4.78, 5) is 12.4. The molecule has 0 atom stereocenters. The first-order chi connectivity index (χ1) is 10.2. The van der Waals surface area contributed by atoms with Crippen molar-refractivity contribution in [2.45, 2.75) is 13.5 Å². The standard InChI is InChI=1S/C18H17NO2/c1-13-3-4-14-9-10-19(17(14)11-13)12-18(20)15-5-7-16(21-2)8-6-15/h3-11H,12H2,1-2H3. The van der Waals surface area contributed by atoms with Crippen molar-refractivity contribution < 1.29 is 9.53 Å². The molecule has 2 aromatic carbocycles. The van der Waals surface area contributed by atoms with Gasteiger partial charge in [0.25, 0.3) is 0 Å². The third-order valence-corrected chi connectivity index (χ3v) is 3.66. The first kappa shape index (κ1) is 13.4. The number of aryl methyl sites for hydroxylation is 1. The van der Waals surface area contributed by atoms with E-state index in [1.165, 1.54) is 5.56 Å². The molecule has 0 aliphatic heterocycles. The number of rotatable bonds is 4. The highest BCUT2D eigenvalue weighted by Gasteiger charge is 2.09. The molecule has 3 rings (SSSR count). The van der Waals surface area contributed by atoms with E-state index in [0.717, 1.165) is 16.7 Å². The highest BCUT2D eigenvalue weighted by atomic mass is 16.5. The normalized spacial score (nSPS) is 10.8. The van der Waals surface area contributed by atoms with Crippen LogP contribution in [-0.4, -0.2) is 17.5 Å². The van der Waals surface area contributed by atoms with E-state index in [-0.39, 0.29) is 5.78 Å². The maximum atomic E-state index is 12.4. The van der Waals surface area contributed by atoms with Crippen molar-refractivity contribution in [3.8, 4) is 5.75 Å². The van der Waals surface area contributed by atoms with Gasteiger partial charge in [-0.15, -0.1) is 0 Å². The molecule has 1 heterocycles. The molecular weight excluding hydrogens is 262 g/mol. The van der Waals surface area contributed by atoms with Crippen LogP contribution in [0.2, 0.25) is 0 Å². The SMILES string of the molecule is COc1ccc(C(=O)Cn2ccc3ccc(C)cc32)cc1. The van der Waals surface area contributed by atoms with Crippen LogP contribution in [0.5, 0.6) is 5.75 Å². The zero-order valence-electron chi connectivity index (χ0n) is 12.2. The molecule has 3 aromatic rings. The molecule has 0 N–H and O–H groups in total. The van der Waals surface area contributed by atoms with Crippen molar-refractivity contribution in [3.05, 3.63) is 65.9 Å². The number of fused-ring (bicyclic) bond motifs is 1. The molecule has 0 bridgehead atoms. The van der Waals surface area contributed by atoms with Crippen LogP contribution >= 0.6 is 0 Å². The lowest BCUT2D eigenvalue weighted by Crippen LogP contribution is -2.09. The topological polar surface area (TPSA) is 31.2 Å². The van der Waals surface area contributed by atoms with Crippen molar-refractivity contribution >= 4 is 16.7 Å². The van der Waals surface area contributed by atoms with E-state index < -0.39 is 0 Å². The second-order valence-corrected chi connectivity index (χ2v) is 5.16. The molecule has 0 unspecified atom stereocenters. The van der Waals surface area contributed by atoms with Crippen LogP contribution in [-0.2, 0) is 6.54 Å². The van der Waals surface area contributed by atoms with Crippen LogP contribution in [0.1, 0.15) is 15.9 Å². The van der Waals surface area contributed by atoms with E-state index in [9.17, 15) is 4.79 Å². The summed E-state index contributed by atoms with van der Waals surface area (Å²) in [5.41, 5.74) is 2.99. The monoisotopic (exact) mass is 279 g/mol. The fourth-order valence-corrected chi connectivity index (χ4v) is 2.45. The first-order valence-electron chi connectivity index (χ1n) is 6.90. The molecule has 106 valence electrons. The van der Waals surface area contributed by atoms with Gasteiger partial charge in [0.05, 0.1) is 13.7 Å². The summed E-state index contributed by atoms with van der Waals surface area (Å²) in [7, 11) is 1.62. The van der Waals surface area contributed by atoms with Crippen LogP contribution in [0.25, 0.3) is 10.9 Å². The van der Waals surface area contributed by atoms with Crippen LogP contribution in [0.15, 0.2) is 54.7 Å². The Bertz CT molecular complexity index is 785. The molecule has 1 aromatic heterocycles. The average molecular weight is 279 g/mol. The average Bonchev–Trinajstić information content (AvgIpc) is 2.89. The van der Waals surface area contributed by atoms with Gasteiger partial charge in [0.15, 0.2) is 5.78 Å². The number of hydrogen-bond acceptors (Lipinski definition) is 2. The predicted octanol–water partition coefficient (Wildman–Crippen LogP) is 3.84. The second-order valence-electron chi connectivity index (χ2n) is 5.16. The number of Topliss-reactive ketones (excluding diaryl/α,β-unsaturated/α-hetero) is 1. The maximum absolute atomic E-state index is 12.4. The minimum atomic E-state index is 0.0941. The lowest BCUT2D eigenvalue weighted by molar-refractivity contribution is 0.0973. The highest BCUT2D eigenvalue weighted by molar-refractivity contribution is 5.97. The van der Waals surface area contributed by atoms with Crippen molar-refractivity contribution in [3.63, 3.8) is 0 Å². The van der Waals surface area contributed by atoms with Crippen molar-refractivity contribution in [2.24, 2.45) is 0 Å². The Labute approximate surface area is 123 Å². The Morgan fingerprint density at radius 2 is 1.86 bits per heavy atom. The smallest absolute Gasteiger partial charge is 0.182 e. The Morgan fingerprint density at radius 3 is 2.57 bits per heavy atom. The number of ether oxygens (including phenoxy) is 1. The zero-order chi connectivity index (χ0) is 14.8. The van der Waals surface area contributed by atoms with E-state index in [1.54, 1.807) is 19.2 Å². The number of carbonyl (C=O) groups is 1. The summed E-state index contributed by atoms with van der Waals surface area (Å²) < 4.78 is 7.10. The fraction of sp³-hybridized carbons (Fsp3) is 0.167. The molecule has 21 heavy (non-hydrogen) atoms. The van der Waals surface area contributed by atoms with Crippen LogP contribution < -0.4 is 4.74 Å². The molecule has 0 saturated heterocycles. The summed E-state index contributed by atoms with van der Waals surface area (Å²) in [5.74, 6) is 0.852. The molecule has 3 heteroatoms. The highest BCUT2D eigenvalue weighted by Crippen LogP contribution is 2.18. The number of ketones is 1. The van der Waals surface area contributed by atoms with Crippen molar-refractivity contribution in [2.75, 3.05) is 7.11 Å². The van der Waals surface area contributed by atoms with Crippen LogP contribution in [0.3, 0.4) is 0 Å². The first-order valence-corrected chi connectivity index (χ1v) is 6.90. The Balaban J connectivity index is 1.87. The van der Waals surface area contributed by atoms with Gasteiger partial charge in [-0.25, -0.2) is 0 Å². The molecule has 0 aliphatic rings. The lowest BCUT2D eigenvalue weighted by atomic mass is 10.1. The Hall–Kier alpha value is -2.55. The van der Waals surface area contributed by atoms with Gasteiger partial charge in [0.1, 0.15) is 5.75 Å². The minimum Gasteiger partial charge on any atom is -0.497 e. The molecule has 0 radical (unpaired) electrons. The van der Waals surface area contributed by atoms with Crippen LogP contribution in [0, 0.1) is 6.92 Å². The summed E-state index contributed by atoms with van der Waals surface area (Å²) in [6.07, 6.45) is 1.96. The lowest BCUT2D eigenvalue weighted by Gasteiger charge is -2.06. The molecule has 0 aliphatic carbocycles. The fourth-order valence-electron chi connectivity index (χ4n) is 2.45. The maximum Gasteiger partial charge on any atom is 0.182 e. The summed E-state index contributed by atoms with van der Waals surface area (Å²) >= 11 is 0. The second kappa shape index (κ2) is 5.44. The molecular formula is C18H17NO2. The molecule has 0 amide bonds. The predicted molar refractivity (Wildman–Crippen MR) is 84.0 cm³/mol. The number of hydrogen-bond donors (Lipinski definition) is 0. The van der Waals surface area contributed by atoms with Crippen molar-refractivity contribution in [1.29, 1.82) is 0 Å². The van der Waals surface area contributed by atoms with Gasteiger partial charge >= 0.3 is 0 Å². The number of nitrogens with zero attached hydrogens (tertiary/aromatic N) is 1. The Kier molecular flexibility index (Phi) is 3.48. The third-order valence-electron chi connectivity index (χ3n) is 3.66. The van der Waals surface area contributed by atoms with E-state index in [0.29, 0.717) is 12.1 Å². The van der Waals surface area contributed by atoms with Gasteiger partial charge in [0.2, 0.25) is 0 Å². The number of methoxy groups -OCH3 is 1. The van der Waals surface area contributed by atoms with E-state index in [1.807, 2.05) is 29.0 Å². The molecule has 0 saturated carbocycles. The van der Waals surface area contributed by atoms with Gasteiger partial charge < -0.3 is 9.30 Å². The number of aromatic nitrogens is 1. The van der Waals surface area contributed by atoms with Crippen molar-refractivity contribution in [1.82, 2.24) is 4.57 Å². The summed E-state index contributed by atoms with van der Waals surface area (Å²) in [5, 5.41) is 1.16. The zero-order valence-corrected chi connectivity index (χ0v) is 12.2. The van der Waals surface area contributed by atoms with E-state index in [2.05, 4.69) is 25.1 Å². The van der Waals surface area contributed by atoms with E-state index in [4.69, 9.17) is 4.74 Å². The van der Waals surface area contributed by atoms with Crippen LogP contribution in [0.4, 0.5) is 0 Å². The molecule has 3 nitrogen and oxygen atoms in total. The van der Waals surface area contributed by atoms with Gasteiger partial charge in [-0.05, 0) is 54.3 Å². The summed E-state index contributed by atoms with van der Waals surface area (Å²) in [6, 6.07) is 15.5. The molecule has 0 fully saturated rings. The quantitative estimate of drug-likeness (QED) is 0.679. The van der Waals surface area contributed by atoms with Gasteiger partial charge in [-0.1, -0.05) is 12.1 Å². The summed E-state index contributed by atoms with van der Waals surface area (Å²) in [6.45, 7) is 2.40. The number of benzene rings is 2. The third kappa shape index (κ3) is 2.68. The largest absolute Gasteiger partial charge is 0.497 e. The van der Waals surface area contributed by atoms with E-state index >= 15 is 0 Å². The number of carbonyl (C=O) groups excluding carboxylic acids is 1. The van der Waals surface area contributed by atoms with Gasteiger partial charge in [-0.2, -0.15) is 0 Å². The van der Waals surface area contributed by atoms with Gasteiger partial charge in [0, 0.05) is 17.3 Å².